The van der Waals surface area contributed by atoms with Crippen molar-refractivity contribution in [2.24, 2.45) is 0 Å². The first-order valence-electron chi connectivity index (χ1n) is 19.6. The molecule has 4 aromatic carbocycles. The number of carbonyl (C=O) groups is 3. The number of aromatic nitrogens is 4. The van der Waals surface area contributed by atoms with Gasteiger partial charge in [-0.1, -0.05) is 89.6 Å². The topological polar surface area (TPSA) is 189 Å². The number of halogens is 1. The summed E-state index contributed by atoms with van der Waals surface area (Å²) in [6.07, 6.45) is 0. The number of amides is 1. The summed E-state index contributed by atoms with van der Waals surface area (Å²) >= 11 is 6.63. The second-order valence-electron chi connectivity index (χ2n) is 13.8. The maximum absolute atomic E-state index is 13.8. The molecule has 1 aliphatic heterocycles. The minimum absolute atomic E-state index is 0.0685. The Morgan fingerprint density at radius 2 is 1.66 bits per heavy atom. The second kappa shape index (κ2) is 19.0. The van der Waals surface area contributed by atoms with Crippen LogP contribution in [0.4, 0.5) is 0 Å². The number of H-pyrrole nitrogens is 1. The Morgan fingerprint density at radius 1 is 0.902 bits per heavy atom. The number of dihydropyridines is 1. The molecule has 314 valence electrons. The molecule has 1 aliphatic rings. The fourth-order valence-corrected chi connectivity index (χ4v) is 7.60. The molecule has 0 saturated carbocycles. The summed E-state index contributed by atoms with van der Waals surface area (Å²) in [5, 5.41) is 10.3. The lowest BCUT2D eigenvalue weighted by Crippen LogP contribution is -2.35. The lowest BCUT2D eigenvalue weighted by Gasteiger charge is -2.31. The number of fused-ring (bicyclic) bond motifs is 1. The number of imidazole rings is 1. The van der Waals surface area contributed by atoms with Gasteiger partial charge in [0.1, 0.15) is 0 Å². The Bertz CT molecular complexity index is 2710. The predicted octanol–water partition coefficient (Wildman–Crippen LogP) is 6.54. The summed E-state index contributed by atoms with van der Waals surface area (Å²) in [4.78, 5) is 59.5. The third kappa shape index (κ3) is 8.98. The lowest BCUT2D eigenvalue weighted by atomic mass is 9.80. The monoisotopic (exact) mass is 846 g/mol. The van der Waals surface area contributed by atoms with Crippen molar-refractivity contribution >= 4 is 40.5 Å². The van der Waals surface area contributed by atoms with Gasteiger partial charge < -0.3 is 29.6 Å². The van der Waals surface area contributed by atoms with E-state index in [1.807, 2.05) is 66.1 Å². The van der Waals surface area contributed by atoms with E-state index in [0.29, 0.717) is 69.1 Å². The molecule has 0 bridgehead atoms. The van der Waals surface area contributed by atoms with Crippen molar-refractivity contribution in [2.45, 2.75) is 33.2 Å². The van der Waals surface area contributed by atoms with Crippen LogP contribution < -0.4 is 21.1 Å². The Kier molecular flexibility index (Phi) is 13.1. The van der Waals surface area contributed by atoms with Gasteiger partial charge in [-0.15, -0.1) is 0 Å². The van der Waals surface area contributed by atoms with Gasteiger partial charge in [0.25, 0.3) is 11.9 Å². The van der Waals surface area contributed by atoms with E-state index in [1.54, 1.807) is 50.2 Å². The normalized spacial score (nSPS) is 13.9. The van der Waals surface area contributed by atoms with E-state index in [9.17, 15) is 19.2 Å². The van der Waals surface area contributed by atoms with Crippen molar-refractivity contribution in [3.63, 3.8) is 0 Å². The number of para-hydroxylation sites is 1. The zero-order valence-electron chi connectivity index (χ0n) is 33.9. The Morgan fingerprint density at radius 3 is 2.36 bits per heavy atom. The molecule has 3 N–H and O–H groups in total. The molecular formula is C45H43ClN6O9. The molecule has 0 fully saturated rings. The highest BCUT2D eigenvalue weighted by Crippen LogP contribution is 2.42. The summed E-state index contributed by atoms with van der Waals surface area (Å²) in [7, 11) is 1.27. The van der Waals surface area contributed by atoms with E-state index in [0.717, 1.165) is 16.7 Å². The van der Waals surface area contributed by atoms with E-state index in [4.69, 9.17) is 40.1 Å². The lowest BCUT2D eigenvalue weighted by molar-refractivity contribution is -0.139. The molecule has 16 heteroatoms. The number of methoxy groups -OCH3 is 1. The second-order valence-corrected chi connectivity index (χ2v) is 14.2. The van der Waals surface area contributed by atoms with Crippen LogP contribution in [0.5, 0.6) is 6.01 Å². The van der Waals surface area contributed by atoms with Crippen LogP contribution in [0.15, 0.2) is 123 Å². The number of esters is 2. The summed E-state index contributed by atoms with van der Waals surface area (Å²) in [5.41, 5.74) is 6.74. The van der Waals surface area contributed by atoms with E-state index in [-0.39, 0.29) is 43.4 Å². The summed E-state index contributed by atoms with van der Waals surface area (Å²) < 4.78 is 29.2. The number of ether oxygens (including phenoxy) is 4. The Balaban J connectivity index is 1.08. The molecule has 1 atom stereocenters. The van der Waals surface area contributed by atoms with Crippen molar-refractivity contribution in [2.75, 3.05) is 40.1 Å². The van der Waals surface area contributed by atoms with Gasteiger partial charge in [-0.2, -0.15) is 4.98 Å². The van der Waals surface area contributed by atoms with Crippen LogP contribution in [-0.4, -0.2) is 77.6 Å². The fraction of sp³-hybridized carbons (Fsp3) is 0.244. The predicted molar refractivity (Wildman–Crippen MR) is 227 cm³/mol. The first-order valence-corrected chi connectivity index (χ1v) is 19.9. The van der Waals surface area contributed by atoms with Crippen LogP contribution in [0.3, 0.4) is 0 Å². The van der Waals surface area contributed by atoms with Crippen LogP contribution in [0.1, 0.15) is 48.2 Å². The summed E-state index contributed by atoms with van der Waals surface area (Å²) in [6, 6.07) is 28.1. The number of nitrogens with one attached hydrogen (secondary N) is 3. The van der Waals surface area contributed by atoms with E-state index < -0.39 is 23.6 Å². The standard InChI is InChI=1S/C45H43ClN6O9/c1-5-59-43(55)38-35(48-26(3)36(42(54)57-4)37(38)31-14-9-10-16-33(31)46)25-58-23-22-47-41(53)32-15-11-17-34-39(32)52(44(49-34)60-6-2)24-27-18-20-28(21-19-27)29-12-7-8-13-30(29)40-50-45(56)61-51-40/h7-21,37,48H,5-6,22-25H2,1-4H3,(H,47,53)(H,50,51,56). The molecule has 0 spiro atoms. The number of benzene rings is 4. The van der Waals surface area contributed by atoms with E-state index >= 15 is 0 Å². The first kappa shape index (κ1) is 42.2. The number of hydrogen-bond acceptors (Lipinski definition) is 12. The van der Waals surface area contributed by atoms with Crippen LogP contribution in [0.25, 0.3) is 33.5 Å². The van der Waals surface area contributed by atoms with Crippen molar-refractivity contribution in [1.82, 2.24) is 30.3 Å². The van der Waals surface area contributed by atoms with Crippen molar-refractivity contribution in [3.8, 4) is 28.5 Å². The zero-order chi connectivity index (χ0) is 43.0. The van der Waals surface area contributed by atoms with Gasteiger partial charge in [-0.3, -0.25) is 18.9 Å². The molecule has 0 saturated heterocycles. The summed E-state index contributed by atoms with van der Waals surface area (Å²) in [6.45, 7) is 6.23. The van der Waals surface area contributed by atoms with E-state index in [1.165, 1.54) is 7.11 Å². The number of allylic oxidation sites excluding steroid dienone is 1. The van der Waals surface area contributed by atoms with Crippen LogP contribution >= 0.6 is 11.6 Å². The maximum Gasteiger partial charge on any atom is 0.439 e. The minimum atomic E-state index is -0.889. The summed E-state index contributed by atoms with van der Waals surface area (Å²) in [5.74, 6) is -2.80. The molecule has 7 rings (SSSR count). The van der Waals surface area contributed by atoms with Gasteiger partial charge in [0.15, 0.2) is 5.82 Å². The zero-order valence-corrected chi connectivity index (χ0v) is 34.6. The van der Waals surface area contributed by atoms with Gasteiger partial charge in [-0.25, -0.2) is 14.4 Å². The first-order chi connectivity index (χ1) is 29.6. The molecule has 6 aromatic rings. The number of rotatable bonds is 16. The van der Waals surface area contributed by atoms with Gasteiger partial charge in [-0.05, 0) is 61.2 Å². The van der Waals surface area contributed by atoms with Crippen LogP contribution in [0.2, 0.25) is 5.02 Å². The van der Waals surface area contributed by atoms with Crippen molar-refractivity contribution in [3.05, 3.63) is 146 Å². The third-order valence-corrected chi connectivity index (χ3v) is 10.4. The molecule has 1 unspecified atom stereocenters. The average Bonchev–Trinajstić information content (AvgIpc) is 3.86. The van der Waals surface area contributed by atoms with Gasteiger partial charge in [0.2, 0.25) is 0 Å². The molecule has 0 radical (unpaired) electrons. The Hall–Kier alpha value is -6.97. The van der Waals surface area contributed by atoms with Crippen molar-refractivity contribution in [1.29, 1.82) is 0 Å². The number of hydrogen-bond donors (Lipinski definition) is 3. The highest BCUT2D eigenvalue weighted by molar-refractivity contribution is 6.31. The smallest absolute Gasteiger partial charge is 0.439 e. The molecule has 15 nitrogen and oxygen atoms in total. The van der Waals surface area contributed by atoms with Gasteiger partial charge in [0.05, 0.1) is 79.4 Å². The Labute approximate surface area is 355 Å². The molecule has 1 amide bonds. The highest BCUT2D eigenvalue weighted by atomic mass is 35.5. The molecule has 0 aliphatic carbocycles. The maximum atomic E-state index is 13.8. The van der Waals surface area contributed by atoms with Gasteiger partial charge in [0, 0.05) is 22.8 Å². The molecule has 61 heavy (non-hydrogen) atoms. The quantitative estimate of drug-likeness (QED) is 0.0706. The number of nitrogens with zero attached hydrogens (tertiary/aromatic N) is 3. The van der Waals surface area contributed by atoms with Gasteiger partial charge >= 0.3 is 17.7 Å². The molecular weight excluding hydrogens is 804 g/mol. The molecule has 2 aromatic heterocycles. The van der Waals surface area contributed by atoms with Crippen molar-refractivity contribution < 1.29 is 37.9 Å². The average molecular weight is 847 g/mol. The van der Waals surface area contributed by atoms with Crippen LogP contribution in [-0.2, 0) is 30.3 Å². The van der Waals surface area contributed by atoms with Crippen LogP contribution in [0, 0.1) is 0 Å². The minimum Gasteiger partial charge on any atom is -0.466 e. The largest absolute Gasteiger partial charge is 0.466 e. The number of carbonyl (C=O) groups excluding carboxylic acids is 3. The highest BCUT2D eigenvalue weighted by Gasteiger charge is 2.39. The molecule has 3 heterocycles. The third-order valence-electron chi connectivity index (χ3n) is 10.0. The fourth-order valence-electron chi connectivity index (χ4n) is 7.36. The number of aromatic amines is 1. The SMILES string of the molecule is CCOC(=O)C1=C(COCCNC(=O)c2cccc3nc(OCC)n(Cc4ccc(-c5ccccc5-c5noc(=O)[nH]5)cc4)c23)NC(C)=C(C(=O)OC)C1c1ccccc1Cl. The van der Waals surface area contributed by atoms with E-state index in [2.05, 4.69) is 20.8 Å².